The normalized spacial score (nSPS) is 11.9. The molecule has 1 atom stereocenters. The molecule has 0 aliphatic carbocycles. The van der Waals surface area contributed by atoms with Crippen molar-refractivity contribution < 1.29 is 14.6 Å². The zero-order valence-electron chi connectivity index (χ0n) is 16.8. The van der Waals surface area contributed by atoms with Crippen LogP contribution in [0, 0.1) is 0 Å². The van der Waals surface area contributed by atoms with Gasteiger partial charge >= 0.3 is 0 Å². The highest BCUT2D eigenvalue weighted by atomic mass is 32.1. The second-order valence-corrected chi connectivity index (χ2v) is 7.93. The minimum absolute atomic E-state index is 0.0130. The maximum atomic E-state index is 13.1. The molecule has 1 unspecified atom stereocenters. The Morgan fingerprint density at radius 3 is 2.65 bits per heavy atom. The monoisotopic (exact) mass is 435 g/mol. The lowest BCUT2D eigenvalue weighted by molar-refractivity contribution is -0.114. The van der Waals surface area contributed by atoms with E-state index >= 15 is 0 Å². The Labute approximate surface area is 182 Å². The summed E-state index contributed by atoms with van der Waals surface area (Å²) in [6.45, 7) is 1.52. The van der Waals surface area contributed by atoms with Gasteiger partial charge in [-0.1, -0.05) is 30.3 Å². The molecule has 2 aromatic carbocycles. The van der Waals surface area contributed by atoms with Gasteiger partial charge in [-0.25, -0.2) is 4.98 Å². The topological polar surface area (TPSA) is 93.4 Å². The third kappa shape index (κ3) is 4.82. The fourth-order valence-electron chi connectivity index (χ4n) is 3.24. The van der Waals surface area contributed by atoms with E-state index in [4.69, 9.17) is 4.74 Å². The SMILES string of the molecule is CC(=O)Nc1ccc(OCC(O)Cn2cnc3scc(-c4ccccc4)c3c2=O)cc1. The zero-order valence-corrected chi connectivity index (χ0v) is 17.6. The van der Waals surface area contributed by atoms with E-state index in [1.54, 1.807) is 24.3 Å². The third-order valence-corrected chi connectivity index (χ3v) is 5.56. The smallest absolute Gasteiger partial charge is 0.262 e. The zero-order chi connectivity index (χ0) is 21.8. The molecule has 0 bridgehead atoms. The summed E-state index contributed by atoms with van der Waals surface area (Å²) in [5.74, 6) is 0.402. The fourth-order valence-corrected chi connectivity index (χ4v) is 4.14. The van der Waals surface area contributed by atoms with Crippen molar-refractivity contribution >= 4 is 33.1 Å². The number of thiophene rings is 1. The number of benzene rings is 2. The maximum absolute atomic E-state index is 13.1. The van der Waals surface area contributed by atoms with Crippen molar-refractivity contribution in [3.8, 4) is 16.9 Å². The van der Waals surface area contributed by atoms with Gasteiger partial charge in [0.1, 0.15) is 23.3 Å². The second kappa shape index (κ2) is 9.11. The molecule has 4 rings (SSSR count). The first-order valence-electron chi connectivity index (χ1n) is 9.72. The predicted molar refractivity (Wildman–Crippen MR) is 122 cm³/mol. The lowest BCUT2D eigenvalue weighted by atomic mass is 10.1. The molecule has 8 heteroatoms. The number of hydrogen-bond donors (Lipinski definition) is 2. The molecule has 2 heterocycles. The molecule has 0 spiro atoms. The van der Waals surface area contributed by atoms with Crippen molar-refractivity contribution in [1.82, 2.24) is 9.55 Å². The Kier molecular flexibility index (Phi) is 6.11. The molecule has 2 N–H and O–H groups in total. The number of aliphatic hydroxyl groups excluding tert-OH is 1. The van der Waals surface area contributed by atoms with Crippen molar-refractivity contribution in [1.29, 1.82) is 0 Å². The summed E-state index contributed by atoms with van der Waals surface area (Å²) in [6.07, 6.45) is 0.562. The van der Waals surface area contributed by atoms with Crippen molar-refractivity contribution in [2.45, 2.75) is 19.6 Å². The van der Waals surface area contributed by atoms with Crippen LogP contribution < -0.4 is 15.6 Å². The van der Waals surface area contributed by atoms with E-state index < -0.39 is 6.10 Å². The van der Waals surface area contributed by atoms with E-state index in [0.717, 1.165) is 11.1 Å². The largest absolute Gasteiger partial charge is 0.491 e. The van der Waals surface area contributed by atoms with Crippen LogP contribution in [-0.4, -0.2) is 33.3 Å². The number of carbonyl (C=O) groups is 1. The quantitative estimate of drug-likeness (QED) is 0.463. The molecule has 1 amide bonds. The van der Waals surface area contributed by atoms with Crippen LogP contribution in [0.5, 0.6) is 5.75 Å². The van der Waals surface area contributed by atoms with Gasteiger partial charge in [-0.15, -0.1) is 11.3 Å². The number of ether oxygens (including phenoxy) is 1. The summed E-state index contributed by atoms with van der Waals surface area (Å²) in [6, 6.07) is 16.5. The van der Waals surface area contributed by atoms with Crippen molar-refractivity contribution in [2.24, 2.45) is 0 Å². The van der Waals surface area contributed by atoms with Gasteiger partial charge in [0.25, 0.3) is 5.56 Å². The average Bonchev–Trinajstić information content (AvgIpc) is 3.20. The third-order valence-electron chi connectivity index (χ3n) is 4.67. The average molecular weight is 436 g/mol. The van der Waals surface area contributed by atoms with Gasteiger partial charge in [0.2, 0.25) is 5.91 Å². The molecule has 4 aromatic rings. The Morgan fingerprint density at radius 1 is 1.19 bits per heavy atom. The molecule has 0 aliphatic heterocycles. The van der Waals surface area contributed by atoms with E-state index in [2.05, 4.69) is 10.3 Å². The molecule has 158 valence electrons. The lowest BCUT2D eigenvalue weighted by Crippen LogP contribution is -2.30. The first kappa shape index (κ1) is 20.8. The molecule has 7 nitrogen and oxygen atoms in total. The minimum Gasteiger partial charge on any atom is -0.491 e. The highest BCUT2D eigenvalue weighted by molar-refractivity contribution is 7.17. The number of rotatable bonds is 7. The second-order valence-electron chi connectivity index (χ2n) is 7.07. The van der Waals surface area contributed by atoms with Gasteiger partial charge in [0, 0.05) is 23.6 Å². The summed E-state index contributed by atoms with van der Waals surface area (Å²) in [5, 5.41) is 15.6. The Hall–Kier alpha value is -3.49. The molecule has 31 heavy (non-hydrogen) atoms. The fraction of sp³-hybridized carbons (Fsp3) is 0.174. The molecule has 0 radical (unpaired) electrons. The van der Waals surface area contributed by atoms with Crippen molar-refractivity contribution in [3.05, 3.63) is 76.7 Å². The van der Waals surface area contributed by atoms with Gasteiger partial charge in [-0.05, 0) is 29.8 Å². The van der Waals surface area contributed by atoms with Crippen molar-refractivity contribution in [3.63, 3.8) is 0 Å². The molecule has 0 saturated heterocycles. The number of amides is 1. The van der Waals surface area contributed by atoms with E-state index in [9.17, 15) is 14.7 Å². The van der Waals surface area contributed by atoms with Crippen LogP contribution in [0.3, 0.4) is 0 Å². The molecule has 0 fully saturated rings. The van der Waals surface area contributed by atoms with Crippen LogP contribution in [0.25, 0.3) is 21.3 Å². The van der Waals surface area contributed by atoms with Crippen LogP contribution in [0.4, 0.5) is 5.69 Å². The van der Waals surface area contributed by atoms with Gasteiger partial charge in [-0.2, -0.15) is 0 Å². The number of nitrogens with zero attached hydrogens (tertiary/aromatic N) is 2. The van der Waals surface area contributed by atoms with Crippen molar-refractivity contribution in [2.75, 3.05) is 11.9 Å². The van der Waals surface area contributed by atoms with Crippen LogP contribution >= 0.6 is 11.3 Å². The van der Waals surface area contributed by atoms with E-state index in [0.29, 0.717) is 21.7 Å². The molecule has 0 saturated carbocycles. The first-order chi connectivity index (χ1) is 15.0. The minimum atomic E-state index is -0.897. The summed E-state index contributed by atoms with van der Waals surface area (Å²) in [4.78, 5) is 29.2. The molecular weight excluding hydrogens is 414 g/mol. The number of anilines is 1. The van der Waals surface area contributed by atoms with Gasteiger partial charge in [0.15, 0.2) is 0 Å². The van der Waals surface area contributed by atoms with Gasteiger partial charge < -0.3 is 15.2 Å². The van der Waals surface area contributed by atoms with E-state index in [-0.39, 0.29) is 24.6 Å². The van der Waals surface area contributed by atoms with Crippen LogP contribution in [-0.2, 0) is 11.3 Å². The highest BCUT2D eigenvalue weighted by Gasteiger charge is 2.15. The van der Waals surface area contributed by atoms with Crippen LogP contribution in [0.2, 0.25) is 0 Å². The number of aromatic nitrogens is 2. The Morgan fingerprint density at radius 2 is 1.94 bits per heavy atom. The predicted octanol–water partition coefficient (Wildman–Crippen LogP) is 3.52. The van der Waals surface area contributed by atoms with E-state index in [1.807, 2.05) is 35.7 Å². The summed E-state index contributed by atoms with van der Waals surface area (Å²) in [7, 11) is 0. The number of nitrogens with one attached hydrogen (secondary N) is 1. The summed E-state index contributed by atoms with van der Waals surface area (Å²) >= 11 is 1.42. The number of fused-ring (bicyclic) bond motifs is 1. The lowest BCUT2D eigenvalue weighted by Gasteiger charge is -2.14. The summed E-state index contributed by atoms with van der Waals surface area (Å²) < 4.78 is 7.02. The maximum Gasteiger partial charge on any atom is 0.262 e. The standard InChI is InChI=1S/C23H21N3O4S/c1-15(27)25-17-7-9-19(10-8-17)30-12-18(28)11-26-14-24-22-21(23(26)29)20(13-31-22)16-5-3-2-4-6-16/h2-10,13-14,18,28H,11-12H2,1H3,(H,25,27). The van der Waals surface area contributed by atoms with Gasteiger partial charge in [-0.3, -0.25) is 14.2 Å². The van der Waals surface area contributed by atoms with Crippen LogP contribution in [0.15, 0.2) is 71.1 Å². The molecular formula is C23H21N3O4S. The Bertz CT molecular complexity index is 1250. The number of carbonyl (C=O) groups excluding carboxylic acids is 1. The highest BCUT2D eigenvalue weighted by Crippen LogP contribution is 2.30. The van der Waals surface area contributed by atoms with Gasteiger partial charge in [0.05, 0.1) is 18.3 Å². The Balaban J connectivity index is 1.46. The number of aliphatic hydroxyl groups is 1. The van der Waals surface area contributed by atoms with Crippen LogP contribution in [0.1, 0.15) is 6.92 Å². The first-order valence-corrected chi connectivity index (χ1v) is 10.6. The van der Waals surface area contributed by atoms with E-state index in [1.165, 1.54) is 29.2 Å². The molecule has 2 aromatic heterocycles. The number of hydrogen-bond acceptors (Lipinski definition) is 6. The summed E-state index contributed by atoms with van der Waals surface area (Å²) in [5.41, 5.74) is 2.27. The molecule has 0 aliphatic rings.